The predicted octanol–water partition coefficient (Wildman–Crippen LogP) is 3.42. The highest BCUT2D eigenvalue weighted by Gasteiger charge is 2.11. The van der Waals surface area contributed by atoms with E-state index in [0.29, 0.717) is 0 Å². The Balaban J connectivity index is 1.70. The minimum atomic E-state index is 0.757. The number of hydrogen-bond acceptors (Lipinski definition) is 5. The molecule has 0 N–H and O–H groups in total. The number of rotatable bonds is 3. The van der Waals surface area contributed by atoms with Crippen molar-refractivity contribution < 1.29 is 0 Å². The van der Waals surface area contributed by atoms with Crippen molar-refractivity contribution in [3.8, 4) is 11.4 Å². The molecule has 6 heteroatoms. The Kier molecular flexibility index (Phi) is 3.21. The molecular weight excluding hydrogens is 294 g/mol. The van der Waals surface area contributed by atoms with Crippen LogP contribution in [0.3, 0.4) is 0 Å². The Morgan fingerprint density at radius 3 is 2.68 bits per heavy atom. The lowest BCUT2D eigenvalue weighted by atomic mass is 10.2. The molecule has 5 nitrogen and oxygen atoms in total. The van der Waals surface area contributed by atoms with E-state index in [4.69, 9.17) is 0 Å². The number of fused-ring (bicyclic) bond motifs is 1. The van der Waals surface area contributed by atoms with Crippen molar-refractivity contribution in [3.63, 3.8) is 0 Å². The fourth-order valence-electron chi connectivity index (χ4n) is 2.11. The van der Waals surface area contributed by atoms with E-state index < -0.39 is 0 Å². The van der Waals surface area contributed by atoms with Crippen LogP contribution in [0.4, 0.5) is 0 Å². The maximum absolute atomic E-state index is 4.57. The average Bonchev–Trinajstić information content (AvgIpc) is 3.15. The lowest BCUT2D eigenvalue weighted by molar-refractivity contribution is 0.960. The third kappa shape index (κ3) is 2.40. The summed E-state index contributed by atoms with van der Waals surface area (Å²) < 4.78 is 1.78. The second kappa shape index (κ2) is 5.50. The van der Waals surface area contributed by atoms with Gasteiger partial charge in [-0.15, -0.1) is 10.2 Å². The monoisotopic (exact) mass is 305 g/mol. The van der Waals surface area contributed by atoms with Crippen molar-refractivity contribution in [2.45, 2.75) is 0 Å². The summed E-state index contributed by atoms with van der Waals surface area (Å²) in [6.07, 6.45) is 7.52. The standard InChI is InChI=1S/C16H11N5S/c1-2-6-13(7-3-1)15-18-19-16-21(15)20-14(22-16)9-8-12-5-4-10-17-11-12/h1-11H. The third-order valence-corrected chi connectivity index (χ3v) is 4.01. The molecule has 106 valence electrons. The first-order valence-corrected chi connectivity index (χ1v) is 7.57. The van der Waals surface area contributed by atoms with Crippen molar-refractivity contribution in [2.75, 3.05) is 0 Å². The first-order chi connectivity index (χ1) is 10.9. The highest BCUT2D eigenvalue weighted by atomic mass is 32.1. The second-order valence-electron chi connectivity index (χ2n) is 4.64. The molecule has 0 spiro atoms. The fourth-order valence-corrected chi connectivity index (χ4v) is 2.85. The summed E-state index contributed by atoms with van der Waals surface area (Å²) in [5.74, 6) is 0.757. The van der Waals surface area contributed by atoms with Crippen LogP contribution in [0.25, 0.3) is 28.5 Å². The Morgan fingerprint density at radius 1 is 0.955 bits per heavy atom. The summed E-state index contributed by atoms with van der Waals surface area (Å²) in [5, 5.41) is 13.9. The van der Waals surface area contributed by atoms with E-state index in [9.17, 15) is 0 Å². The maximum atomic E-state index is 4.57. The van der Waals surface area contributed by atoms with Gasteiger partial charge in [-0.2, -0.15) is 9.61 Å². The highest BCUT2D eigenvalue weighted by molar-refractivity contribution is 7.17. The molecule has 0 aliphatic rings. The molecule has 0 fully saturated rings. The summed E-state index contributed by atoms with van der Waals surface area (Å²) in [6.45, 7) is 0. The van der Waals surface area contributed by atoms with Crippen LogP contribution < -0.4 is 0 Å². The van der Waals surface area contributed by atoms with Crippen molar-refractivity contribution in [1.82, 2.24) is 24.8 Å². The van der Waals surface area contributed by atoms with Gasteiger partial charge in [-0.25, -0.2) is 0 Å². The van der Waals surface area contributed by atoms with E-state index in [1.165, 1.54) is 11.3 Å². The summed E-state index contributed by atoms with van der Waals surface area (Å²) in [6, 6.07) is 13.8. The topological polar surface area (TPSA) is 56.0 Å². The van der Waals surface area contributed by atoms with Crippen LogP contribution in [0.1, 0.15) is 10.6 Å². The van der Waals surface area contributed by atoms with Gasteiger partial charge >= 0.3 is 0 Å². The molecule has 0 bridgehead atoms. The zero-order valence-electron chi connectivity index (χ0n) is 11.5. The number of pyridine rings is 1. The van der Waals surface area contributed by atoms with Gasteiger partial charge in [-0.05, 0) is 17.7 Å². The normalized spacial score (nSPS) is 11.5. The zero-order chi connectivity index (χ0) is 14.8. The number of hydrogen-bond donors (Lipinski definition) is 0. The lowest BCUT2D eigenvalue weighted by Gasteiger charge is -1.94. The molecule has 4 rings (SSSR count). The number of nitrogens with zero attached hydrogens (tertiary/aromatic N) is 5. The molecule has 0 radical (unpaired) electrons. The van der Waals surface area contributed by atoms with E-state index in [1.54, 1.807) is 10.7 Å². The molecule has 0 saturated heterocycles. The quantitative estimate of drug-likeness (QED) is 0.582. The Bertz CT molecular complexity index is 925. The van der Waals surface area contributed by atoms with Gasteiger partial charge < -0.3 is 0 Å². The second-order valence-corrected chi connectivity index (χ2v) is 5.63. The molecule has 4 aromatic rings. The first-order valence-electron chi connectivity index (χ1n) is 6.76. The van der Waals surface area contributed by atoms with Crippen LogP contribution in [-0.4, -0.2) is 24.8 Å². The van der Waals surface area contributed by atoms with Gasteiger partial charge in [-0.1, -0.05) is 53.8 Å². The van der Waals surface area contributed by atoms with E-state index in [0.717, 1.165) is 26.9 Å². The third-order valence-electron chi connectivity index (χ3n) is 3.14. The van der Waals surface area contributed by atoms with E-state index in [1.807, 2.05) is 60.8 Å². The van der Waals surface area contributed by atoms with Gasteiger partial charge in [0.1, 0.15) is 5.01 Å². The fraction of sp³-hybridized carbons (Fsp3) is 0. The number of benzene rings is 1. The van der Waals surface area contributed by atoms with Gasteiger partial charge in [0.15, 0.2) is 5.82 Å². The molecule has 0 aliphatic carbocycles. The van der Waals surface area contributed by atoms with Crippen LogP contribution in [0.15, 0.2) is 54.9 Å². The van der Waals surface area contributed by atoms with Gasteiger partial charge in [0, 0.05) is 18.0 Å². The van der Waals surface area contributed by atoms with Crippen LogP contribution >= 0.6 is 11.3 Å². The van der Waals surface area contributed by atoms with E-state index in [2.05, 4.69) is 20.3 Å². The largest absolute Gasteiger partial charge is 0.264 e. The molecule has 0 atom stereocenters. The lowest BCUT2D eigenvalue weighted by Crippen LogP contribution is -1.90. The molecule has 0 aliphatic heterocycles. The molecule has 22 heavy (non-hydrogen) atoms. The number of aromatic nitrogens is 5. The van der Waals surface area contributed by atoms with Crippen LogP contribution in [0.2, 0.25) is 0 Å². The zero-order valence-corrected chi connectivity index (χ0v) is 12.3. The summed E-state index contributed by atoms with van der Waals surface area (Å²) >= 11 is 1.50. The maximum Gasteiger partial charge on any atom is 0.235 e. The van der Waals surface area contributed by atoms with Gasteiger partial charge in [0.25, 0.3) is 0 Å². The van der Waals surface area contributed by atoms with Crippen molar-refractivity contribution >= 4 is 28.4 Å². The summed E-state index contributed by atoms with van der Waals surface area (Å²) in [4.78, 5) is 4.87. The minimum absolute atomic E-state index is 0.757. The molecule has 3 aromatic heterocycles. The summed E-state index contributed by atoms with van der Waals surface area (Å²) in [7, 11) is 0. The van der Waals surface area contributed by atoms with Crippen LogP contribution in [-0.2, 0) is 0 Å². The average molecular weight is 305 g/mol. The Hall–Kier alpha value is -2.86. The van der Waals surface area contributed by atoms with Crippen molar-refractivity contribution in [2.24, 2.45) is 0 Å². The SMILES string of the molecule is C(=Cc1nn2c(-c3ccccc3)nnc2s1)c1cccnc1. The van der Waals surface area contributed by atoms with Crippen LogP contribution in [0, 0.1) is 0 Å². The van der Waals surface area contributed by atoms with E-state index in [-0.39, 0.29) is 0 Å². The molecule has 0 amide bonds. The van der Waals surface area contributed by atoms with Gasteiger partial charge in [-0.3, -0.25) is 4.98 Å². The molecule has 0 unspecified atom stereocenters. The van der Waals surface area contributed by atoms with Crippen molar-refractivity contribution in [3.05, 3.63) is 65.4 Å². The molecule has 3 heterocycles. The smallest absolute Gasteiger partial charge is 0.235 e. The minimum Gasteiger partial charge on any atom is -0.264 e. The highest BCUT2D eigenvalue weighted by Crippen LogP contribution is 2.22. The Labute approximate surface area is 130 Å². The van der Waals surface area contributed by atoms with Crippen LogP contribution in [0.5, 0.6) is 0 Å². The summed E-state index contributed by atoms with van der Waals surface area (Å²) in [5.41, 5.74) is 2.04. The Morgan fingerprint density at radius 2 is 1.86 bits per heavy atom. The molecule has 0 saturated carbocycles. The van der Waals surface area contributed by atoms with Crippen molar-refractivity contribution in [1.29, 1.82) is 0 Å². The first kappa shape index (κ1) is 12.8. The molecule has 1 aromatic carbocycles. The van der Waals surface area contributed by atoms with E-state index >= 15 is 0 Å². The predicted molar refractivity (Wildman–Crippen MR) is 87.3 cm³/mol. The molecular formula is C16H11N5S. The van der Waals surface area contributed by atoms with Gasteiger partial charge in [0.05, 0.1) is 0 Å². The van der Waals surface area contributed by atoms with Gasteiger partial charge in [0.2, 0.25) is 4.96 Å².